The molecule has 17 heavy (non-hydrogen) atoms. The molecule has 0 bridgehead atoms. The van der Waals surface area contributed by atoms with Crippen LogP contribution in [0.2, 0.25) is 0 Å². The summed E-state index contributed by atoms with van der Waals surface area (Å²) in [6, 6.07) is 0.756. The highest BCUT2D eigenvalue weighted by Gasteiger charge is 2.18. The summed E-state index contributed by atoms with van der Waals surface area (Å²) >= 11 is 0. The number of hydrogen-bond acceptors (Lipinski definition) is 2. The van der Waals surface area contributed by atoms with E-state index in [1.165, 1.54) is 44.5 Å². The van der Waals surface area contributed by atoms with Crippen LogP contribution in [0, 0.1) is 5.92 Å². The number of allylic oxidation sites excluding steroid dienone is 1. The van der Waals surface area contributed by atoms with Crippen molar-refractivity contribution in [2.45, 2.75) is 53.0 Å². The third-order valence-electron chi connectivity index (χ3n) is 3.80. The predicted molar refractivity (Wildman–Crippen MR) is 76.4 cm³/mol. The summed E-state index contributed by atoms with van der Waals surface area (Å²) in [7, 11) is 0. The van der Waals surface area contributed by atoms with E-state index in [0.29, 0.717) is 0 Å². The molecule has 1 atom stereocenters. The smallest absolute Gasteiger partial charge is 0.0165 e. The number of nitrogens with zero attached hydrogens (tertiary/aromatic N) is 1. The van der Waals surface area contributed by atoms with Gasteiger partial charge in [0.2, 0.25) is 0 Å². The first kappa shape index (κ1) is 14.7. The van der Waals surface area contributed by atoms with Gasteiger partial charge in [-0.1, -0.05) is 31.9 Å². The maximum Gasteiger partial charge on any atom is 0.0165 e. The Morgan fingerprint density at radius 2 is 2.00 bits per heavy atom. The molecule has 0 aromatic rings. The van der Waals surface area contributed by atoms with Crippen molar-refractivity contribution in [3.05, 3.63) is 11.6 Å². The Morgan fingerprint density at radius 3 is 2.53 bits per heavy atom. The maximum absolute atomic E-state index is 3.72. The summed E-state index contributed by atoms with van der Waals surface area (Å²) in [6.07, 6.45) is 6.25. The van der Waals surface area contributed by atoms with Gasteiger partial charge in [-0.05, 0) is 52.2 Å². The average molecular weight is 238 g/mol. The Hall–Kier alpha value is -0.340. The van der Waals surface area contributed by atoms with Gasteiger partial charge in [-0.3, -0.25) is 4.90 Å². The number of likely N-dealkylation sites (tertiary alicyclic amines) is 1. The van der Waals surface area contributed by atoms with Gasteiger partial charge in [0.25, 0.3) is 0 Å². The lowest BCUT2D eigenvalue weighted by Crippen LogP contribution is -2.43. The van der Waals surface area contributed by atoms with Crippen LogP contribution in [0.1, 0.15) is 47.0 Å². The fourth-order valence-electron chi connectivity index (χ4n) is 2.14. The van der Waals surface area contributed by atoms with Gasteiger partial charge in [-0.25, -0.2) is 0 Å². The number of nitrogens with one attached hydrogen (secondary N) is 1. The Morgan fingerprint density at radius 1 is 1.35 bits per heavy atom. The Balaban J connectivity index is 2.15. The molecule has 0 amide bonds. The third-order valence-corrected chi connectivity index (χ3v) is 3.80. The van der Waals surface area contributed by atoms with Gasteiger partial charge in [0, 0.05) is 12.6 Å². The molecule has 0 saturated carbocycles. The van der Waals surface area contributed by atoms with Gasteiger partial charge in [-0.15, -0.1) is 0 Å². The van der Waals surface area contributed by atoms with Crippen molar-refractivity contribution in [2.24, 2.45) is 5.92 Å². The van der Waals surface area contributed by atoms with Gasteiger partial charge in [0.1, 0.15) is 0 Å². The van der Waals surface area contributed by atoms with Crippen LogP contribution in [-0.2, 0) is 0 Å². The van der Waals surface area contributed by atoms with Gasteiger partial charge in [0.15, 0.2) is 0 Å². The monoisotopic (exact) mass is 238 g/mol. The summed E-state index contributed by atoms with van der Waals surface area (Å²) in [5.74, 6) is 0.818. The fraction of sp³-hybridized carbons (Fsp3) is 0.867. The minimum Gasteiger partial charge on any atom is -0.314 e. The van der Waals surface area contributed by atoms with E-state index in [4.69, 9.17) is 0 Å². The molecule has 2 nitrogen and oxygen atoms in total. The van der Waals surface area contributed by atoms with Crippen LogP contribution in [0.5, 0.6) is 0 Å². The summed E-state index contributed by atoms with van der Waals surface area (Å²) in [6.45, 7) is 13.8. The molecule has 1 saturated heterocycles. The largest absolute Gasteiger partial charge is 0.314 e. The maximum atomic E-state index is 3.72. The van der Waals surface area contributed by atoms with Crippen molar-refractivity contribution in [3.63, 3.8) is 0 Å². The van der Waals surface area contributed by atoms with Crippen molar-refractivity contribution in [2.75, 3.05) is 26.2 Å². The van der Waals surface area contributed by atoms with Gasteiger partial charge >= 0.3 is 0 Å². The molecule has 0 aromatic heterocycles. The number of piperidine rings is 1. The first-order valence-corrected chi connectivity index (χ1v) is 7.21. The Kier molecular flexibility index (Phi) is 6.83. The minimum absolute atomic E-state index is 0.756. The first-order valence-electron chi connectivity index (χ1n) is 7.21. The molecule has 0 aromatic carbocycles. The molecule has 2 heteroatoms. The van der Waals surface area contributed by atoms with Crippen LogP contribution < -0.4 is 5.32 Å². The highest BCUT2D eigenvalue weighted by Crippen LogP contribution is 2.11. The fourth-order valence-corrected chi connectivity index (χ4v) is 2.14. The van der Waals surface area contributed by atoms with E-state index in [1.54, 1.807) is 0 Å². The van der Waals surface area contributed by atoms with Crippen LogP contribution in [0.3, 0.4) is 0 Å². The van der Waals surface area contributed by atoms with E-state index < -0.39 is 0 Å². The lowest BCUT2D eigenvalue weighted by molar-refractivity contribution is 0.211. The summed E-state index contributed by atoms with van der Waals surface area (Å²) < 4.78 is 0. The van der Waals surface area contributed by atoms with Crippen LogP contribution in [0.4, 0.5) is 0 Å². The highest BCUT2D eigenvalue weighted by molar-refractivity contribution is 4.95. The van der Waals surface area contributed by atoms with E-state index in [0.717, 1.165) is 18.5 Å². The van der Waals surface area contributed by atoms with Crippen molar-refractivity contribution in [3.8, 4) is 0 Å². The topological polar surface area (TPSA) is 15.3 Å². The van der Waals surface area contributed by atoms with E-state index in [9.17, 15) is 0 Å². The second kappa shape index (κ2) is 7.88. The predicted octanol–water partition coefficient (Wildman–Crippen LogP) is 3.05. The molecule has 1 heterocycles. The minimum atomic E-state index is 0.756. The van der Waals surface area contributed by atoms with Gasteiger partial charge in [0.05, 0.1) is 0 Å². The van der Waals surface area contributed by atoms with Crippen molar-refractivity contribution >= 4 is 0 Å². The Labute approximate surface area is 107 Å². The average Bonchev–Trinajstić information content (AvgIpc) is 2.34. The normalized spacial score (nSPS) is 20.2. The summed E-state index contributed by atoms with van der Waals surface area (Å²) in [5, 5.41) is 3.72. The second-order valence-corrected chi connectivity index (χ2v) is 5.78. The molecule has 100 valence electrons. The van der Waals surface area contributed by atoms with Crippen LogP contribution >= 0.6 is 0 Å². The van der Waals surface area contributed by atoms with Crippen molar-refractivity contribution in [1.82, 2.24) is 10.2 Å². The molecular weight excluding hydrogens is 208 g/mol. The highest BCUT2D eigenvalue weighted by atomic mass is 15.1. The quantitative estimate of drug-likeness (QED) is 0.716. The van der Waals surface area contributed by atoms with E-state index in [-0.39, 0.29) is 0 Å². The molecule has 1 unspecified atom stereocenters. The zero-order valence-electron chi connectivity index (χ0n) is 12.1. The van der Waals surface area contributed by atoms with E-state index in [2.05, 4.69) is 44.0 Å². The summed E-state index contributed by atoms with van der Waals surface area (Å²) in [4.78, 5) is 2.56. The molecule has 0 aliphatic carbocycles. The van der Waals surface area contributed by atoms with Gasteiger partial charge < -0.3 is 5.32 Å². The molecular formula is C15H30N2. The third kappa shape index (κ3) is 6.23. The summed E-state index contributed by atoms with van der Waals surface area (Å²) in [5.41, 5.74) is 1.43. The standard InChI is InChI=1S/C15H30N2/c1-5-14(4)12-16-15-7-10-17(11-8-15)9-6-13(2)3/h6,14-16H,5,7-12H2,1-4H3. The molecule has 1 aliphatic heterocycles. The second-order valence-electron chi connectivity index (χ2n) is 5.78. The molecule has 0 spiro atoms. The lowest BCUT2D eigenvalue weighted by atomic mass is 10.0. The first-order chi connectivity index (χ1) is 8.11. The molecule has 1 N–H and O–H groups in total. The van der Waals surface area contributed by atoms with Gasteiger partial charge in [-0.2, -0.15) is 0 Å². The van der Waals surface area contributed by atoms with Crippen molar-refractivity contribution < 1.29 is 0 Å². The molecule has 0 radical (unpaired) electrons. The van der Waals surface area contributed by atoms with Crippen LogP contribution in [0.15, 0.2) is 11.6 Å². The van der Waals surface area contributed by atoms with Crippen LogP contribution in [-0.4, -0.2) is 37.1 Å². The molecule has 1 rings (SSSR count). The Bertz CT molecular complexity index is 223. The van der Waals surface area contributed by atoms with Crippen molar-refractivity contribution in [1.29, 1.82) is 0 Å². The SMILES string of the molecule is CCC(C)CNC1CCN(CC=C(C)C)CC1. The zero-order valence-corrected chi connectivity index (χ0v) is 12.1. The van der Waals surface area contributed by atoms with E-state index in [1.807, 2.05) is 0 Å². The molecule has 1 aliphatic rings. The molecule has 1 fully saturated rings. The number of hydrogen-bond donors (Lipinski definition) is 1. The number of rotatable bonds is 6. The van der Waals surface area contributed by atoms with Crippen LogP contribution in [0.25, 0.3) is 0 Å². The lowest BCUT2D eigenvalue weighted by Gasteiger charge is -2.32. The zero-order chi connectivity index (χ0) is 12.7. The van der Waals surface area contributed by atoms with E-state index >= 15 is 0 Å².